The zero-order valence-electron chi connectivity index (χ0n) is 16.6. The van der Waals surface area contributed by atoms with E-state index in [0.29, 0.717) is 23.9 Å². The molecule has 0 amide bonds. The summed E-state index contributed by atoms with van der Waals surface area (Å²) in [5.41, 5.74) is 3.88. The molecular weight excluding hydrogens is 446 g/mol. The highest BCUT2D eigenvalue weighted by atomic mass is 19.4. The normalized spacial score (nSPS) is 15.0. The van der Waals surface area contributed by atoms with Crippen molar-refractivity contribution in [1.29, 1.82) is 0 Å². The van der Waals surface area contributed by atoms with Crippen LogP contribution in [0, 0.1) is 5.82 Å². The number of hydrogen-bond acceptors (Lipinski definition) is 5. The maximum atomic E-state index is 13.4. The fourth-order valence-electron chi connectivity index (χ4n) is 3.08. The summed E-state index contributed by atoms with van der Waals surface area (Å²) in [6, 6.07) is 14.2. The monoisotopic (exact) mass is 461 g/mol. The second kappa shape index (κ2) is 8.77. The van der Waals surface area contributed by atoms with E-state index in [0.717, 1.165) is 22.2 Å². The van der Waals surface area contributed by atoms with Crippen molar-refractivity contribution in [3.05, 3.63) is 72.6 Å². The van der Waals surface area contributed by atoms with Crippen LogP contribution in [0.5, 0.6) is 11.5 Å². The third-order valence-electron chi connectivity index (χ3n) is 4.63. The van der Waals surface area contributed by atoms with Crippen LogP contribution in [0.2, 0.25) is 0 Å². The minimum atomic E-state index is -5.08. The van der Waals surface area contributed by atoms with E-state index in [2.05, 4.69) is 15.0 Å². The Labute approximate surface area is 183 Å². The van der Waals surface area contributed by atoms with E-state index in [-0.39, 0.29) is 5.82 Å². The van der Waals surface area contributed by atoms with Crippen molar-refractivity contribution >= 4 is 17.0 Å². The number of benzene rings is 2. The third-order valence-corrected chi connectivity index (χ3v) is 4.63. The number of carbonyl (C=O) groups is 1. The molecule has 0 saturated carbocycles. The molecule has 11 heteroatoms. The molecule has 1 aliphatic rings. The van der Waals surface area contributed by atoms with Crippen LogP contribution in [0.15, 0.2) is 60.9 Å². The van der Waals surface area contributed by atoms with Gasteiger partial charge in [0.05, 0.1) is 11.0 Å². The summed E-state index contributed by atoms with van der Waals surface area (Å²) in [6.07, 6.45) is -1.97. The van der Waals surface area contributed by atoms with Gasteiger partial charge >= 0.3 is 12.1 Å². The molecule has 1 atom stereocenters. The Kier molecular flexibility index (Phi) is 5.86. The number of imidazole rings is 1. The zero-order chi connectivity index (χ0) is 23.6. The van der Waals surface area contributed by atoms with Crippen molar-refractivity contribution in [2.24, 2.45) is 0 Å². The van der Waals surface area contributed by atoms with Crippen molar-refractivity contribution in [3.8, 4) is 22.6 Å². The average Bonchev–Trinajstić information content (AvgIpc) is 3.22. The highest BCUT2D eigenvalue weighted by Gasteiger charge is 2.38. The van der Waals surface area contributed by atoms with Crippen molar-refractivity contribution in [1.82, 2.24) is 15.0 Å². The molecule has 2 aromatic heterocycles. The molecule has 4 aromatic rings. The van der Waals surface area contributed by atoms with Gasteiger partial charge in [-0.25, -0.2) is 14.2 Å². The molecule has 0 radical (unpaired) electrons. The molecule has 7 nitrogen and oxygen atoms in total. The van der Waals surface area contributed by atoms with Crippen LogP contribution in [0.25, 0.3) is 22.2 Å². The number of halogens is 4. The topological polar surface area (TPSA) is 97.3 Å². The number of aromatic nitrogens is 3. The molecule has 1 unspecified atom stereocenters. The average molecular weight is 461 g/mol. The van der Waals surface area contributed by atoms with E-state index < -0.39 is 18.2 Å². The van der Waals surface area contributed by atoms with Crippen molar-refractivity contribution in [2.75, 3.05) is 6.61 Å². The number of rotatable bonds is 2. The molecule has 0 aliphatic carbocycles. The molecule has 0 fully saturated rings. The number of aliphatic carboxylic acids is 1. The van der Waals surface area contributed by atoms with Crippen molar-refractivity contribution in [3.63, 3.8) is 0 Å². The number of ether oxygens (including phenoxy) is 2. The number of aromatic amines is 1. The fraction of sp³-hybridized carbons (Fsp3) is 0.136. The van der Waals surface area contributed by atoms with Crippen LogP contribution in [0.3, 0.4) is 0 Å². The maximum absolute atomic E-state index is 13.4. The standard InChI is InChI=1S/C20H14FN3O2.C2HF3O2/c21-14-2-4-17-18(10-14)26-19(11-25-17)20-23-15-3-1-13(9-16(15)24-20)12-5-7-22-8-6-12;3-2(4,5)1(6)7/h1-10,19H,11H2,(H,23,24);(H,6,7). The van der Waals surface area contributed by atoms with Crippen molar-refractivity contribution < 1.29 is 36.9 Å². The fourth-order valence-corrected chi connectivity index (χ4v) is 3.08. The first-order valence-electron chi connectivity index (χ1n) is 9.50. The van der Waals surface area contributed by atoms with Crippen LogP contribution >= 0.6 is 0 Å². The Hall–Kier alpha value is -4.15. The molecule has 1 aliphatic heterocycles. The number of nitrogens with zero attached hydrogens (tertiary/aromatic N) is 2. The van der Waals surface area contributed by atoms with Crippen LogP contribution < -0.4 is 9.47 Å². The van der Waals surface area contributed by atoms with Crippen LogP contribution in [-0.2, 0) is 4.79 Å². The lowest BCUT2D eigenvalue weighted by molar-refractivity contribution is -0.192. The van der Waals surface area contributed by atoms with Gasteiger partial charge in [0.25, 0.3) is 0 Å². The summed E-state index contributed by atoms with van der Waals surface area (Å²) >= 11 is 0. The van der Waals surface area contributed by atoms with E-state index >= 15 is 0 Å². The van der Waals surface area contributed by atoms with Gasteiger partial charge in [-0.15, -0.1) is 0 Å². The van der Waals surface area contributed by atoms with Crippen LogP contribution in [-0.4, -0.2) is 38.8 Å². The highest BCUT2D eigenvalue weighted by Crippen LogP contribution is 2.36. The number of alkyl halides is 3. The molecule has 0 saturated heterocycles. The smallest absolute Gasteiger partial charge is 0.485 e. The van der Waals surface area contributed by atoms with Gasteiger partial charge in [-0.2, -0.15) is 13.2 Å². The maximum Gasteiger partial charge on any atom is 0.490 e. The molecule has 2 aromatic carbocycles. The van der Waals surface area contributed by atoms with Crippen LogP contribution in [0.4, 0.5) is 17.6 Å². The molecule has 2 N–H and O–H groups in total. The van der Waals surface area contributed by atoms with E-state index in [4.69, 9.17) is 19.4 Å². The lowest BCUT2D eigenvalue weighted by Crippen LogP contribution is -2.22. The Morgan fingerprint density at radius 3 is 2.45 bits per heavy atom. The minimum absolute atomic E-state index is 0.315. The highest BCUT2D eigenvalue weighted by molar-refractivity contribution is 5.82. The Morgan fingerprint density at radius 1 is 1.03 bits per heavy atom. The largest absolute Gasteiger partial charge is 0.490 e. The van der Waals surface area contributed by atoms with Gasteiger partial charge in [-0.1, -0.05) is 6.07 Å². The Bertz CT molecular complexity index is 1290. The second-order valence-corrected chi connectivity index (χ2v) is 6.90. The first-order chi connectivity index (χ1) is 15.7. The van der Waals surface area contributed by atoms with Gasteiger partial charge in [0.15, 0.2) is 23.4 Å². The molecule has 33 heavy (non-hydrogen) atoms. The summed E-state index contributed by atoms with van der Waals surface area (Å²) < 4.78 is 56.7. The Balaban J connectivity index is 0.000000325. The number of hydrogen-bond donors (Lipinski definition) is 2. The number of carboxylic acids is 1. The molecule has 5 rings (SSSR count). The molecule has 170 valence electrons. The van der Waals surface area contributed by atoms with Gasteiger partial charge in [-0.05, 0) is 47.5 Å². The lowest BCUT2D eigenvalue weighted by Gasteiger charge is -2.25. The van der Waals surface area contributed by atoms with Gasteiger partial charge in [0.1, 0.15) is 12.4 Å². The lowest BCUT2D eigenvalue weighted by atomic mass is 10.1. The zero-order valence-corrected chi connectivity index (χ0v) is 16.6. The predicted octanol–water partition coefficient (Wildman–Crippen LogP) is 4.91. The number of fused-ring (bicyclic) bond motifs is 2. The summed E-state index contributed by atoms with van der Waals surface area (Å²) in [6.45, 7) is 0.315. The summed E-state index contributed by atoms with van der Waals surface area (Å²) in [4.78, 5) is 20.9. The van der Waals surface area contributed by atoms with Gasteiger partial charge in [0, 0.05) is 18.5 Å². The van der Waals surface area contributed by atoms with Gasteiger partial charge < -0.3 is 19.6 Å². The van der Waals surface area contributed by atoms with E-state index in [1.54, 1.807) is 18.5 Å². The number of nitrogens with one attached hydrogen (secondary N) is 1. The Morgan fingerprint density at radius 2 is 1.76 bits per heavy atom. The van der Waals surface area contributed by atoms with Crippen LogP contribution in [0.1, 0.15) is 11.9 Å². The van der Waals surface area contributed by atoms with E-state index in [1.165, 1.54) is 12.1 Å². The second-order valence-electron chi connectivity index (χ2n) is 6.90. The third kappa shape index (κ3) is 5.03. The summed E-state index contributed by atoms with van der Waals surface area (Å²) in [7, 11) is 0. The minimum Gasteiger partial charge on any atom is -0.485 e. The van der Waals surface area contributed by atoms with E-state index in [9.17, 15) is 17.6 Å². The first kappa shape index (κ1) is 22.1. The molecule has 3 heterocycles. The summed E-state index contributed by atoms with van der Waals surface area (Å²) in [5, 5.41) is 7.12. The number of carboxylic acid groups (broad SMARTS) is 1. The SMILES string of the molecule is Fc1ccc2c(c1)OC(c1nc3cc(-c4ccncc4)ccc3[nH]1)CO2.O=C(O)C(F)(F)F. The first-order valence-corrected chi connectivity index (χ1v) is 9.50. The summed E-state index contributed by atoms with van der Waals surface area (Å²) in [5.74, 6) is -1.54. The number of pyridine rings is 1. The quantitative estimate of drug-likeness (QED) is 0.412. The van der Waals surface area contributed by atoms with Crippen molar-refractivity contribution in [2.45, 2.75) is 12.3 Å². The molecular formula is C22H15F4N3O4. The molecule has 0 bridgehead atoms. The van der Waals surface area contributed by atoms with E-state index in [1.807, 2.05) is 30.3 Å². The molecule has 0 spiro atoms. The number of H-pyrrole nitrogens is 1. The van der Waals surface area contributed by atoms with Gasteiger partial charge in [0.2, 0.25) is 0 Å². The van der Waals surface area contributed by atoms with Gasteiger partial charge in [-0.3, -0.25) is 4.98 Å². The predicted molar refractivity (Wildman–Crippen MR) is 108 cm³/mol.